The Kier molecular flexibility index (Phi) is 7.94. The Morgan fingerprint density at radius 3 is 2.45 bits per heavy atom. The second kappa shape index (κ2) is 9.45. The molecule has 0 saturated heterocycles. The average molecular weight is 417 g/mol. The van der Waals surface area contributed by atoms with Gasteiger partial charge in [0.25, 0.3) is 0 Å². The first-order chi connectivity index (χ1) is 10.5. The highest BCUT2D eigenvalue weighted by molar-refractivity contribution is 14.1. The van der Waals surface area contributed by atoms with E-state index in [0.29, 0.717) is 18.9 Å². The second-order valence-corrected chi connectivity index (χ2v) is 5.51. The van der Waals surface area contributed by atoms with E-state index >= 15 is 0 Å². The van der Waals surface area contributed by atoms with Crippen LogP contribution in [-0.2, 0) is 25.5 Å². The third kappa shape index (κ3) is 5.67. The molecule has 0 radical (unpaired) electrons. The molecule has 0 aliphatic rings. The van der Waals surface area contributed by atoms with Gasteiger partial charge in [-0.25, -0.2) is 4.79 Å². The van der Waals surface area contributed by atoms with Crippen LogP contribution in [0.5, 0.6) is 0 Å². The van der Waals surface area contributed by atoms with E-state index in [0.717, 1.165) is 14.8 Å². The Labute approximate surface area is 144 Å². The van der Waals surface area contributed by atoms with Crippen LogP contribution in [0.1, 0.15) is 26.3 Å². The van der Waals surface area contributed by atoms with Crippen molar-refractivity contribution in [2.75, 3.05) is 18.5 Å². The van der Waals surface area contributed by atoms with Gasteiger partial charge in [0.15, 0.2) is 0 Å². The van der Waals surface area contributed by atoms with Crippen molar-refractivity contribution < 1.29 is 19.1 Å². The Bertz CT molecular complexity index is 569. The minimum Gasteiger partial charge on any atom is -0.466 e. The number of ether oxygens (including phenoxy) is 2. The zero-order valence-electron chi connectivity index (χ0n) is 12.9. The molecule has 0 aromatic heterocycles. The number of hydrogen-bond donors (Lipinski definition) is 1. The number of halogens is 1. The molecule has 120 valence electrons. The third-order valence-corrected chi connectivity index (χ3v) is 3.63. The molecule has 1 rings (SSSR count). The molecule has 0 bridgehead atoms. The number of benzene rings is 1. The summed E-state index contributed by atoms with van der Waals surface area (Å²) < 4.78 is 10.8. The maximum absolute atomic E-state index is 11.8. The van der Waals surface area contributed by atoms with Gasteiger partial charge in [0.1, 0.15) is 5.70 Å². The monoisotopic (exact) mass is 417 g/mol. The van der Waals surface area contributed by atoms with Gasteiger partial charge in [-0.05, 0) is 61.1 Å². The maximum Gasteiger partial charge on any atom is 0.354 e. The quantitative estimate of drug-likeness (QED) is 0.419. The maximum atomic E-state index is 11.8. The molecular formula is C16H20INO4. The van der Waals surface area contributed by atoms with Crippen molar-refractivity contribution in [1.82, 2.24) is 0 Å². The van der Waals surface area contributed by atoms with Crippen LogP contribution in [0.25, 0.3) is 0 Å². The lowest BCUT2D eigenvalue weighted by Gasteiger charge is -2.12. The van der Waals surface area contributed by atoms with E-state index in [9.17, 15) is 9.59 Å². The molecule has 0 amide bonds. The largest absolute Gasteiger partial charge is 0.466 e. The van der Waals surface area contributed by atoms with Crippen LogP contribution in [0.3, 0.4) is 0 Å². The molecule has 1 N–H and O–H groups in total. The van der Waals surface area contributed by atoms with Crippen LogP contribution in [-0.4, -0.2) is 25.2 Å². The summed E-state index contributed by atoms with van der Waals surface area (Å²) in [6, 6.07) is 5.55. The standard InChI is InChI=1S/C16H20INO4/c1-4-13(16(20)22-6-3)18-14-8-7-11(9-12(14)17)10-15(19)21-5-2/h4,7-9,18H,5-6,10H2,1-3H3/b13-4+. The van der Waals surface area contributed by atoms with Crippen LogP contribution in [0.2, 0.25) is 0 Å². The Balaban J connectivity index is 2.81. The second-order valence-electron chi connectivity index (χ2n) is 4.34. The molecular weight excluding hydrogens is 397 g/mol. The number of carbonyl (C=O) groups excluding carboxylic acids is 2. The van der Waals surface area contributed by atoms with E-state index in [-0.39, 0.29) is 12.4 Å². The normalized spacial score (nSPS) is 11.0. The average Bonchev–Trinajstić information content (AvgIpc) is 2.47. The number of esters is 2. The van der Waals surface area contributed by atoms with Gasteiger partial charge in [-0.3, -0.25) is 4.79 Å². The topological polar surface area (TPSA) is 64.6 Å². The van der Waals surface area contributed by atoms with Crippen LogP contribution >= 0.6 is 22.6 Å². The number of carbonyl (C=O) groups is 2. The van der Waals surface area contributed by atoms with Crippen molar-refractivity contribution in [3.05, 3.63) is 39.1 Å². The molecule has 5 nitrogen and oxygen atoms in total. The van der Waals surface area contributed by atoms with E-state index in [1.807, 2.05) is 18.2 Å². The van der Waals surface area contributed by atoms with Crippen molar-refractivity contribution >= 4 is 40.2 Å². The lowest BCUT2D eigenvalue weighted by Crippen LogP contribution is -2.15. The first-order valence-corrected chi connectivity index (χ1v) is 8.14. The third-order valence-electron chi connectivity index (χ3n) is 2.74. The fourth-order valence-corrected chi connectivity index (χ4v) is 2.46. The molecule has 1 aromatic rings. The number of anilines is 1. The van der Waals surface area contributed by atoms with Gasteiger partial charge in [0, 0.05) is 3.57 Å². The molecule has 0 unspecified atom stereocenters. The van der Waals surface area contributed by atoms with Crippen LogP contribution in [0.15, 0.2) is 30.0 Å². The van der Waals surface area contributed by atoms with Crippen LogP contribution < -0.4 is 5.32 Å². The summed E-state index contributed by atoms with van der Waals surface area (Å²) in [6.07, 6.45) is 1.90. The first kappa shape index (κ1) is 18.5. The number of rotatable bonds is 7. The van der Waals surface area contributed by atoms with Crippen molar-refractivity contribution in [2.24, 2.45) is 0 Å². The van der Waals surface area contributed by atoms with Crippen molar-refractivity contribution in [1.29, 1.82) is 0 Å². The molecule has 0 atom stereocenters. The summed E-state index contributed by atoms with van der Waals surface area (Å²) >= 11 is 2.15. The molecule has 0 aliphatic heterocycles. The fraction of sp³-hybridized carbons (Fsp3) is 0.375. The highest BCUT2D eigenvalue weighted by Gasteiger charge is 2.12. The van der Waals surface area contributed by atoms with Gasteiger partial charge >= 0.3 is 11.9 Å². The predicted octanol–water partition coefficient (Wildman–Crippen LogP) is 3.28. The first-order valence-electron chi connectivity index (χ1n) is 7.06. The van der Waals surface area contributed by atoms with Gasteiger partial charge < -0.3 is 14.8 Å². The van der Waals surface area contributed by atoms with E-state index in [4.69, 9.17) is 9.47 Å². The molecule has 0 heterocycles. The van der Waals surface area contributed by atoms with Crippen molar-refractivity contribution in [3.8, 4) is 0 Å². The highest BCUT2D eigenvalue weighted by atomic mass is 127. The van der Waals surface area contributed by atoms with Gasteiger partial charge in [0.2, 0.25) is 0 Å². The number of nitrogens with one attached hydrogen (secondary N) is 1. The van der Waals surface area contributed by atoms with Gasteiger partial charge in [-0.2, -0.15) is 0 Å². The zero-order valence-corrected chi connectivity index (χ0v) is 15.1. The van der Waals surface area contributed by atoms with Gasteiger partial charge in [-0.15, -0.1) is 0 Å². The number of hydrogen-bond acceptors (Lipinski definition) is 5. The number of allylic oxidation sites excluding steroid dienone is 1. The summed E-state index contributed by atoms with van der Waals surface area (Å²) in [4.78, 5) is 23.2. The SMILES string of the molecule is C/C=C(/Nc1ccc(CC(=O)OCC)cc1I)C(=O)OCC. The Hall–Kier alpha value is -1.57. The summed E-state index contributed by atoms with van der Waals surface area (Å²) in [6.45, 7) is 6.01. The summed E-state index contributed by atoms with van der Waals surface area (Å²) in [5.41, 5.74) is 2.04. The predicted molar refractivity (Wildman–Crippen MR) is 93.5 cm³/mol. The van der Waals surface area contributed by atoms with E-state index < -0.39 is 5.97 Å². The zero-order chi connectivity index (χ0) is 16.5. The van der Waals surface area contributed by atoms with Crippen molar-refractivity contribution in [3.63, 3.8) is 0 Å². The summed E-state index contributed by atoms with van der Waals surface area (Å²) in [5.74, 6) is -0.643. The smallest absolute Gasteiger partial charge is 0.354 e. The summed E-state index contributed by atoms with van der Waals surface area (Å²) in [7, 11) is 0. The lowest BCUT2D eigenvalue weighted by molar-refractivity contribution is -0.142. The highest BCUT2D eigenvalue weighted by Crippen LogP contribution is 2.22. The Morgan fingerprint density at radius 1 is 1.23 bits per heavy atom. The molecule has 1 aromatic carbocycles. The Morgan fingerprint density at radius 2 is 1.91 bits per heavy atom. The van der Waals surface area contributed by atoms with E-state index in [2.05, 4.69) is 27.9 Å². The molecule has 0 fully saturated rings. The summed E-state index contributed by atoms with van der Waals surface area (Å²) in [5, 5.41) is 3.05. The van der Waals surface area contributed by atoms with E-state index in [1.165, 1.54) is 0 Å². The lowest BCUT2D eigenvalue weighted by atomic mass is 10.1. The van der Waals surface area contributed by atoms with Crippen LogP contribution in [0.4, 0.5) is 5.69 Å². The molecule has 22 heavy (non-hydrogen) atoms. The van der Waals surface area contributed by atoms with Crippen LogP contribution in [0, 0.1) is 3.57 Å². The van der Waals surface area contributed by atoms with Crippen molar-refractivity contribution in [2.45, 2.75) is 27.2 Å². The van der Waals surface area contributed by atoms with Gasteiger partial charge in [0.05, 0.1) is 25.3 Å². The molecule has 0 aliphatic carbocycles. The van der Waals surface area contributed by atoms with Gasteiger partial charge in [-0.1, -0.05) is 12.1 Å². The molecule has 0 saturated carbocycles. The minimum atomic E-state index is -0.392. The minimum absolute atomic E-state index is 0.235. The molecule has 6 heteroatoms. The molecule has 0 spiro atoms. The van der Waals surface area contributed by atoms with E-state index in [1.54, 1.807) is 26.8 Å². The fourth-order valence-electron chi connectivity index (χ4n) is 1.74.